The quantitative estimate of drug-likeness (QED) is 0.273. The summed E-state index contributed by atoms with van der Waals surface area (Å²) < 4.78 is 20.3. The fraction of sp³-hybridized carbons (Fsp3) is 0.179. The SMILES string of the molecule is Cc1cc(NC(=O)Cc2cccc(NC(=O)c3c(-c4ccc(Br)cc4F)noc3C)c2)cc(C)c1C. The first-order chi connectivity index (χ1) is 17.1. The summed E-state index contributed by atoms with van der Waals surface area (Å²) in [5, 5.41) is 9.66. The van der Waals surface area contributed by atoms with Crippen molar-refractivity contribution >= 4 is 39.1 Å². The van der Waals surface area contributed by atoms with Gasteiger partial charge in [-0.15, -0.1) is 0 Å². The molecule has 1 aromatic heterocycles. The van der Waals surface area contributed by atoms with Crippen LogP contribution < -0.4 is 10.6 Å². The van der Waals surface area contributed by atoms with E-state index in [4.69, 9.17) is 4.52 Å². The summed E-state index contributed by atoms with van der Waals surface area (Å²) in [6.45, 7) is 7.67. The van der Waals surface area contributed by atoms with E-state index in [0.717, 1.165) is 22.4 Å². The number of hydrogen-bond acceptors (Lipinski definition) is 4. The van der Waals surface area contributed by atoms with Gasteiger partial charge in [-0.3, -0.25) is 9.59 Å². The Morgan fingerprint density at radius 1 is 0.944 bits per heavy atom. The molecular weight excluding hydrogens is 525 g/mol. The van der Waals surface area contributed by atoms with Gasteiger partial charge < -0.3 is 15.2 Å². The van der Waals surface area contributed by atoms with Crippen molar-refractivity contribution < 1.29 is 18.5 Å². The van der Waals surface area contributed by atoms with E-state index < -0.39 is 11.7 Å². The Labute approximate surface area is 217 Å². The van der Waals surface area contributed by atoms with Gasteiger partial charge in [0, 0.05) is 21.4 Å². The van der Waals surface area contributed by atoms with Gasteiger partial charge >= 0.3 is 0 Å². The van der Waals surface area contributed by atoms with Crippen molar-refractivity contribution in [2.75, 3.05) is 10.6 Å². The molecule has 0 radical (unpaired) electrons. The Hall–Kier alpha value is -3.78. The van der Waals surface area contributed by atoms with Crippen LogP contribution in [0, 0.1) is 33.5 Å². The molecule has 36 heavy (non-hydrogen) atoms. The summed E-state index contributed by atoms with van der Waals surface area (Å²) in [4.78, 5) is 25.8. The molecule has 0 bridgehead atoms. The third kappa shape index (κ3) is 5.54. The maximum atomic E-state index is 14.5. The molecule has 2 amide bonds. The van der Waals surface area contributed by atoms with Crippen molar-refractivity contribution in [1.29, 1.82) is 0 Å². The molecule has 0 aliphatic rings. The number of amides is 2. The van der Waals surface area contributed by atoms with Crippen LogP contribution in [0.25, 0.3) is 11.3 Å². The Bertz CT molecular complexity index is 1460. The van der Waals surface area contributed by atoms with Crippen LogP contribution >= 0.6 is 15.9 Å². The molecule has 1 heterocycles. The molecule has 2 N–H and O–H groups in total. The average molecular weight is 550 g/mol. The molecule has 0 saturated heterocycles. The van der Waals surface area contributed by atoms with E-state index >= 15 is 0 Å². The lowest BCUT2D eigenvalue weighted by molar-refractivity contribution is -0.115. The summed E-state index contributed by atoms with van der Waals surface area (Å²) in [5.41, 5.74) is 5.82. The van der Waals surface area contributed by atoms with Crippen molar-refractivity contribution in [1.82, 2.24) is 5.16 Å². The minimum absolute atomic E-state index is 0.120. The number of carbonyl (C=O) groups is 2. The predicted octanol–water partition coefficient (Wildman–Crippen LogP) is 6.91. The number of rotatable bonds is 6. The first kappa shape index (κ1) is 25.3. The lowest BCUT2D eigenvalue weighted by Gasteiger charge is -2.11. The van der Waals surface area contributed by atoms with Gasteiger partial charge in [-0.25, -0.2) is 4.39 Å². The van der Waals surface area contributed by atoms with Gasteiger partial charge in [0.2, 0.25) is 5.91 Å². The molecule has 0 spiro atoms. The highest BCUT2D eigenvalue weighted by molar-refractivity contribution is 9.10. The fourth-order valence-electron chi connectivity index (χ4n) is 3.96. The van der Waals surface area contributed by atoms with Crippen molar-refractivity contribution in [2.24, 2.45) is 0 Å². The number of halogens is 2. The molecule has 8 heteroatoms. The molecule has 4 rings (SSSR count). The molecule has 0 atom stereocenters. The van der Waals surface area contributed by atoms with E-state index in [2.05, 4.69) is 38.6 Å². The third-order valence-corrected chi connectivity index (χ3v) is 6.53. The van der Waals surface area contributed by atoms with E-state index in [-0.39, 0.29) is 34.9 Å². The number of nitrogens with one attached hydrogen (secondary N) is 2. The van der Waals surface area contributed by atoms with Gasteiger partial charge in [0.15, 0.2) is 0 Å². The highest BCUT2D eigenvalue weighted by Gasteiger charge is 2.24. The molecule has 4 aromatic rings. The smallest absolute Gasteiger partial charge is 0.261 e. The van der Waals surface area contributed by atoms with E-state index in [1.165, 1.54) is 17.7 Å². The van der Waals surface area contributed by atoms with Crippen LogP contribution in [0.3, 0.4) is 0 Å². The van der Waals surface area contributed by atoms with E-state index in [9.17, 15) is 14.0 Å². The molecule has 0 saturated carbocycles. The predicted molar refractivity (Wildman–Crippen MR) is 142 cm³/mol. The van der Waals surface area contributed by atoms with Gasteiger partial charge in [0.25, 0.3) is 5.91 Å². The first-order valence-corrected chi connectivity index (χ1v) is 12.1. The minimum atomic E-state index is -0.529. The summed E-state index contributed by atoms with van der Waals surface area (Å²) in [5.74, 6) is -0.912. The first-order valence-electron chi connectivity index (χ1n) is 11.3. The zero-order chi connectivity index (χ0) is 26.0. The van der Waals surface area contributed by atoms with Gasteiger partial charge in [0.05, 0.1) is 6.42 Å². The minimum Gasteiger partial charge on any atom is -0.360 e. The molecule has 0 aliphatic heterocycles. The van der Waals surface area contributed by atoms with Crippen LogP contribution in [0.5, 0.6) is 0 Å². The molecule has 0 fully saturated rings. The maximum absolute atomic E-state index is 14.5. The molecule has 184 valence electrons. The number of hydrogen-bond donors (Lipinski definition) is 2. The van der Waals surface area contributed by atoms with E-state index in [1.807, 2.05) is 32.0 Å². The standard InChI is InChI=1S/C28H25BrFN3O3/c1-15-10-22(11-16(2)17(15)3)31-25(34)13-19-6-5-7-21(12-19)32-28(35)26-18(4)36-33-27(26)23-9-8-20(29)14-24(23)30/h5-12,14H,13H2,1-4H3,(H,31,34)(H,32,35). The highest BCUT2D eigenvalue weighted by Crippen LogP contribution is 2.30. The van der Waals surface area contributed by atoms with Crippen LogP contribution in [0.4, 0.5) is 15.8 Å². The van der Waals surface area contributed by atoms with Crippen LogP contribution in [0.2, 0.25) is 0 Å². The topological polar surface area (TPSA) is 84.2 Å². The number of carbonyl (C=O) groups excluding carboxylic acids is 2. The summed E-state index contributed by atoms with van der Waals surface area (Å²) in [7, 11) is 0. The second kappa shape index (κ2) is 10.5. The lowest BCUT2D eigenvalue weighted by Crippen LogP contribution is -2.16. The van der Waals surface area contributed by atoms with E-state index in [1.54, 1.807) is 31.2 Å². The lowest BCUT2D eigenvalue weighted by atomic mass is 10.0. The molecule has 0 unspecified atom stereocenters. The Kier molecular flexibility index (Phi) is 7.35. The number of nitrogens with zero attached hydrogens (tertiary/aromatic N) is 1. The highest BCUT2D eigenvalue weighted by atomic mass is 79.9. The Morgan fingerprint density at radius 2 is 1.67 bits per heavy atom. The summed E-state index contributed by atoms with van der Waals surface area (Å²) >= 11 is 3.23. The number of aryl methyl sites for hydroxylation is 3. The normalized spacial score (nSPS) is 10.8. The molecular formula is C28H25BrFN3O3. The Balaban J connectivity index is 1.49. The van der Waals surface area contributed by atoms with Crippen molar-refractivity contribution in [3.05, 3.63) is 98.5 Å². The van der Waals surface area contributed by atoms with Crippen molar-refractivity contribution in [3.8, 4) is 11.3 Å². The summed E-state index contributed by atoms with van der Waals surface area (Å²) in [6.07, 6.45) is 0.136. The van der Waals surface area contributed by atoms with E-state index in [0.29, 0.717) is 10.2 Å². The van der Waals surface area contributed by atoms with Gasteiger partial charge in [-0.05, 0) is 92.4 Å². The average Bonchev–Trinajstić information content (AvgIpc) is 3.18. The second-order valence-electron chi connectivity index (χ2n) is 8.70. The second-order valence-corrected chi connectivity index (χ2v) is 9.62. The van der Waals surface area contributed by atoms with Crippen LogP contribution in [-0.4, -0.2) is 17.0 Å². The van der Waals surface area contributed by atoms with Crippen LogP contribution in [-0.2, 0) is 11.2 Å². The van der Waals surface area contributed by atoms with Gasteiger partial charge in [-0.1, -0.05) is 33.2 Å². The zero-order valence-electron chi connectivity index (χ0n) is 20.3. The maximum Gasteiger partial charge on any atom is 0.261 e. The molecule has 0 aliphatic carbocycles. The Morgan fingerprint density at radius 3 is 2.36 bits per heavy atom. The van der Waals surface area contributed by atoms with Crippen LogP contribution in [0.1, 0.15) is 38.4 Å². The largest absolute Gasteiger partial charge is 0.360 e. The van der Waals surface area contributed by atoms with Gasteiger partial charge in [-0.2, -0.15) is 0 Å². The molecule has 6 nitrogen and oxygen atoms in total. The van der Waals surface area contributed by atoms with Crippen LogP contribution in [0.15, 0.2) is 63.6 Å². The number of anilines is 2. The van der Waals surface area contributed by atoms with Crippen molar-refractivity contribution in [2.45, 2.75) is 34.1 Å². The fourth-order valence-corrected chi connectivity index (χ4v) is 4.29. The zero-order valence-corrected chi connectivity index (χ0v) is 21.9. The third-order valence-electron chi connectivity index (χ3n) is 6.04. The number of benzene rings is 3. The molecule has 3 aromatic carbocycles. The van der Waals surface area contributed by atoms with Crippen molar-refractivity contribution in [3.63, 3.8) is 0 Å². The van der Waals surface area contributed by atoms with Gasteiger partial charge in [0.1, 0.15) is 22.8 Å². The summed E-state index contributed by atoms with van der Waals surface area (Å²) in [6, 6.07) is 15.4. The number of aromatic nitrogens is 1. The monoisotopic (exact) mass is 549 g/mol.